The van der Waals surface area contributed by atoms with Crippen LogP contribution in [0, 0.1) is 5.92 Å². The van der Waals surface area contributed by atoms with Crippen LogP contribution in [0.25, 0.3) is 11.3 Å². The molecule has 2 N–H and O–H groups in total. The largest absolute Gasteiger partial charge is 0.488 e. The highest BCUT2D eigenvalue weighted by Crippen LogP contribution is 2.22. The molecule has 2 atom stereocenters. The van der Waals surface area contributed by atoms with E-state index in [1.165, 1.54) is 0 Å². The Balaban J connectivity index is 2.42. The van der Waals surface area contributed by atoms with Gasteiger partial charge in [0.05, 0.1) is 6.10 Å². The van der Waals surface area contributed by atoms with Crippen molar-refractivity contribution in [3.8, 4) is 0 Å². The molecule has 0 aromatic carbocycles. The van der Waals surface area contributed by atoms with Crippen LogP contribution in [-0.2, 0) is 4.74 Å². The highest BCUT2D eigenvalue weighted by atomic mass is 16.5. The van der Waals surface area contributed by atoms with E-state index in [9.17, 15) is 0 Å². The van der Waals surface area contributed by atoms with E-state index in [1.807, 2.05) is 68.6 Å². The van der Waals surface area contributed by atoms with E-state index >= 15 is 0 Å². The van der Waals surface area contributed by atoms with Crippen LogP contribution in [0.5, 0.6) is 0 Å². The number of aliphatic imine (C=N–C) groups is 1. The Bertz CT molecular complexity index is 903. The summed E-state index contributed by atoms with van der Waals surface area (Å²) in [4.78, 5) is 4.85. The van der Waals surface area contributed by atoms with Gasteiger partial charge in [-0.25, -0.2) is 4.99 Å². The van der Waals surface area contributed by atoms with Gasteiger partial charge in [-0.3, -0.25) is 4.40 Å². The van der Waals surface area contributed by atoms with E-state index < -0.39 is 0 Å². The minimum atomic E-state index is -0.0197. The predicted octanol–water partition coefficient (Wildman–Crippen LogP) is 4.40. The molecule has 2 aromatic heterocycles. The first-order valence-electron chi connectivity index (χ1n) is 9.71. The van der Waals surface area contributed by atoms with Crippen molar-refractivity contribution < 1.29 is 4.74 Å². The van der Waals surface area contributed by atoms with Crippen LogP contribution in [0.4, 0.5) is 0 Å². The quantitative estimate of drug-likeness (QED) is 0.516. The normalized spacial score (nSPS) is 15.6. The van der Waals surface area contributed by atoms with E-state index in [-0.39, 0.29) is 12.0 Å². The molecule has 2 aromatic rings. The molecule has 0 spiro atoms. The molecule has 0 amide bonds. The highest BCUT2D eigenvalue weighted by molar-refractivity contribution is 6.12. The summed E-state index contributed by atoms with van der Waals surface area (Å²) < 4.78 is 8.15. The van der Waals surface area contributed by atoms with Gasteiger partial charge >= 0.3 is 0 Å². The Morgan fingerprint density at radius 3 is 2.64 bits per heavy atom. The molecule has 0 saturated heterocycles. The molecule has 28 heavy (non-hydrogen) atoms. The average molecular weight is 382 g/mol. The number of rotatable bonds is 9. The molecule has 2 rings (SSSR count). The van der Waals surface area contributed by atoms with Gasteiger partial charge in [0.25, 0.3) is 0 Å². The first-order chi connectivity index (χ1) is 13.5. The van der Waals surface area contributed by atoms with Crippen LogP contribution in [0.15, 0.2) is 59.5 Å². The molecule has 0 bridgehead atoms. The van der Waals surface area contributed by atoms with Gasteiger partial charge < -0.3 is 10.5 Å². The summed E-state index contributed by atoms with van der Waals surface area (Å²) in [5.41, 5.74) is 8.87. The van der Waals surface area contributed by atoms with Crippen molar-refractivity contribution in [2.75, 3.05) is 6.54 Å². The third kappa shape index (κ3) is 4.75. The summed E-state index contributed by atoms with van der Waals surface area (Å²) in [6, 6.07) is 5.78. The molecule has 0 aliphatic rings. The summed E-state index contributed by atoms with van der Waals surface area (Å²) in [6.45, 7) is 14.6. The summed E-state index contributed by atoms with van der Waals surface area (Å²) in [6.07, 6.45) is 6.70. The standard InChI is InChI=1S/C22H31N5O/c1-7-17(14-23)16(6)28-19(9-3)21(15(4)5)24-18(8-2)22-26-25-20-12-10-11-13-27(20)22/h8-13,16-17H,4,7,14,23H2,1-3,5-6H3/b18-8-,19-9+,24-21+/t16?,17-/m0/s1. The molecule has 1 unspecified atom stereocenters. The number of nitrogens with two attached hydrogens (primary N) is 1. The Hall–Kier alpha value is -2.73. The maximum atomic E-state index is 6.24. The van der Waals surface area contributed by atoms with Crippen LogP contribution in [0.1, 0.15) is 46.9 Å². The lowest BCUT2D eigenvalue weighted by atomic mass is 10.0. The number of nitrogens with zero attached hydrogens (tertiary/aromatic N) is 4. The maximum absolute atomic E-state index is 6.24. The second kappa shape index (κ2) is 9.99. The van der Waals surface area contributed by atoms with Gasteiger partial charge in [-0.05, 0) is 64.4 Å². The second-order valence-electron chi connectivity index (χ2n) is 6.75. The van der Waals surface area contributed by atoms with Crippen molar-refractivity contribution in [3.05, 3.63) is 60.3 Å². The van der Waals surface area contributed by atoms with Crippen molar-refractivity contribution in [3.63, 3.8) is 0 Å². The highest BCUT2D eigenvalue weighted by Gasteiger charge is 2.20. The Kier molecular flexibility index (Phi) is 7.70. The Labute approximate surface area is 167 Å². The molecule has 2 heterocycles. The third-order valence-electron chi connectivity index (χ3n) is 4.75. The summed E-state index contributed by atoms with van der Waals surface area (Å²) in [7, 11) is 0. The van der Waals surface area contributed by atoms with Gasteiger partial charge in [0.1, 0.15) is 17.2 Å². The number of hydrogen-bond donors (Lipinski definition) is 1. The molecule has 6 heteroatoms. The number of pyridine rings is 1. The third-order valence-corrected chi connectivity index (χ3v) is 4.75. The SMILES string of the molecule is C=C(C)C(=N\C(=C/C)c1nnc2ccccn12)/C(=C\C)OC(C)[C@@H](CC)CN. The molecule has 0 aliphatic heterocycles. The van der Waals surface area contributed by atoms with Crippen molar-refractivity contribution >= 4 is 17.1 Å². The number of aromatic nitrogens is 3. The average Bonchev–Trinajstić information content (AvgIpc) is 3.12. The summed E-state index contributed by atoms with van der Waals surface area (Å²) >= 11 is 0. The van der Waals surface area contributed by atoms with Gasteiger partial charge in [-0.15, -0.1) is 10.2 Å². The van der Waals surface area contributed by atoms with Crippen LogP contribution < -0.4 is 5.73 Å². The first-order valence-corrected chi connectivity index (χ1v) is 9.71. The first kappa shape index (κ1) is 21.6. The van der Waals surface area contributed by atoms with E-state index in [4.69, 9.17) is 15.5 Å². The Morgan fingerprint density at radius 1 is 1.32 bits per heavy atom. The fourth-order valence-electron chi connectivity index (χ4n) is 2.99. The fourth-order valence-corrected chi connectivity index (χ4v) is 2.99. The lowest BCUT2D eigenvalue weighted by molar-refractivity contribution is 0.0913. The predicted molar refractivity (Wildman–Crippen MR) is 116 cm³/mol. The molecule has 0 aliphatic carbocycles. The van der Waals surface area contributed by atoms with Crippen molar-refractivity contribution in [2.24, 2.45) is 16.6 Å². The minimum absolute atomic E-state index is 0.0197. The molecule has 0 radical (unpaired) electrons. The van der Waals surface area contributed by atoms with E-state index in [2.05, 4.69) is 23.7 Å². The van der Waals surface area contributed by atoms with Gasteiger partial charge in [0.2, 0.25) is 0 Å². The van der Waals surface area contributed by atoms with Gasteiger partial charge in [-0.1, -0.05) is 25.6 Å². The van der Waals surface area contributed by atoms with Crippen LogP contribution in [0.3, 0.4) is 0 Å². The smallest absolute Gasteiger partial charge is 0.186 e. The number of hydrogen-bond acceptors (Lipinski definition) is 5. The van der Waals surface area contributed by atoms with Crippen LogP contribution in [-0.4, -0.2) is 33.0 Å². The second-order valence-corrected chi connectivity index (χ2v) is 6.75. The van der Waals surface area contributed by atoms with Crippen molar-refractivity contribution in [1.29, 1.82) is 0 Å². The van der Waals surface area contributed by atoms with Gasteiger partial charge in [-0.2, -0.15) is 0 Å². The molecular weight excluding hydrogens is 350 g/mol. The number of fused-ring (bicyclic) bond motifs is 1. The number of allylic oxidation sites excluding steroid dienone is 3. The van der Waals surface area contributed by atoms with Gasteiger partial charge in [0, 0.05) is 12.1 Å². The summed E-state index contributed by atoms with van der Waals surface area (Å²) in [5, 5.41) is 8.53. The topological polar surface area (TPSA) is 77.8 Å². The van der Waals surface area contributed by atoms with Crippen molar-refractivity contribution in [2.45, 2.75) is 47.1 Å². The van der Waals surface area contributed by atoms with Crippen LogP contribution >= 0.6 is 0 Å². The zero-order chi connectivity index (χ0) is 20.7. The lowest BCUT2D eigenvalue weighted by Crippen LogP contribution is -2.28. The lowest BCUT2D eigenvalue weighted by Gasteiger charge is -2.25. The molecular formula is C22H31N5O. The van der Waals surface area contributed by atoms with Crippen molar-refractivity contribution in [1.82, 2.24) is 14.6 Å². The van der Waals surface area contributed by atoms with E-state index in [0.29, 0.717) is 29.5 Å². The Morgan fingerprint density at radius 2 is 2.07 bits per heavy atom. The molecule has 150 valence electrons. The molecule has 0 fully saturated rings. The monoisotopic (exact) mass is 381 g/mol. The van der Waals surface area contributed by atoms with E-state index in [1.54, 1.807) is 0 Å². The molecule has 0 saturated carbocycles. The number of ether oxygens (including phenoxy) is 1. The molecule has 6 nitrogen and oxygen atoms in total. The maximum Gasteiger partial charge on any atom is 0.186 e. The zero-order valence-electron chi connectivity index (χ0n) is 17.5. The minimum Gasteiger partial charge on any atom is -0.488 e. The van der Waals surface area contributed by atoms with Crippen LogP contribution in [0.2, 0.25) is 0 Å². The zero-order valence-corrected chi connectivity index (χ0v) is 17.5. The fraction of sp³-hybridized carbons (Fsp3) is 0.409. The van der Waals surface area contributed by atoms with Gasteiger partial charge in [0.15, 0.2) is 11.5 Å². The van der Waals surface area contributed by atoms with E-state index in [0.717, 1.165) is 17.6 Å². The summed E-state index contributed by atoms with van der Waals surface area (Å²) in [5.74, 6) is 1.65.